The minimum atomic E-state index is -3.80. The minimum Gasteiger partial charge on any atom is -0.382 e. The number of carbonyl (C=O) groups is 1. The van der Waals surface area contributed by atoms with E-state index in [1.54, 1.807) is 18.3 Å². The number of pyridine rings is 1. The second kappa shape index (κ2) is 9.90. The summed E-state index contributed by atoms with van der Waals surface area (Å²) in [6.07, 6.45) is 8.12. The average Bonchev–Trinajstić information content (AvgIpc) is 3.72. The predicted octanol–water partition coefficient (Wildman–Crippen LogP) is 3.39. The highest BCUT2D eigenvalue weighted by molar-refractivity contribution is 7.91. The van der Waals surface area contributed by atoms with Gasteiger partial charge in [-0.1, -0.05) is 6.07 Å². The fourth-order valence-electron chi connectivity index (χ4n) is 6.42. The number of anilines is 1. The predicted molar refractivity (Wildman–Crippen MR) is 150 cm³/mol. The average molecular weight is 606 g/mol. The van der Waals surface area contributed by atoms with Gasteiger partial charge in [0.25, 0.3) is 5.91 Å². The molecule has 2 aliphatic rings. The van der Waals surface area contributed by atoms with Crippen LogP contribution >= 0.6 is 0 Å². The fourth-order valence-corrected chi connectivity index (χ4v) is 7.48. The van der Waals surface area contributed by atoms with Gasteiger partial charge in [0, 0.05) is 47.1 Å². The van der Waals surface area contributed by atoms with Crippen molar-refractivity contribution in [1.29, 1.82) is 0 Å². The standard InChI is InChI=1S/C28H25F2N9O3S/c1-43(41,42)24-23(16-8-17-4-5-18(9-16)38(17)28(40)26-33-13-34-37-26)36-27-19(12-35-39(27)25(24)31)15-3-7-22(32-11-15)14-2-6-20(29)21(30)10-14/h2-3,6-7,10-13,16-18H,4-5,8-9,31H2,1H3,(H,33,34,37)/t16-,17-,18?/m0/s1. The Morgan fingerprint density at radius 3 is 2.42 bits per heavy atom. The topological polar surface area (TPSA) is 165 Å². The summed E-state index contributed by atoms with van der Waals surface area (Å²) in [5, 5.41) is 11.9. The maximum Gasteiger partial charge on any atom is 0.292 e. The monoisotopic (exact) mass is 605 g/mol. The highest BCUT2D eigenvalue weighted by Gasteiger charge is 2.46. The SMILES string of the molecule is CS(=O)(=O)c1c([C@@H]2CC3CC[C@@H](C2)N3C(=O)c2nnc[nH]2)nc2c(-c3ccc(-c4ccc(F)c(F)c4)nc3)cnn2c1N. The van der Waals surface area contributed by atoms with Gasteiger partial charge in [0.15, 0.2) is 27.1 Å². The Morgan fingerprint density at radius 2 is 1.79 bits per heavy atom. The number of halogens is 2. The number of rotatable bonds is 5. The lowest BCUT2D eigenvalue weighted by Crippen LogP contribution is -2.46. The maximum atomic E-state index is 13.8. The van der Waals surface area contributed by atoms with Gasteiger partial charge in [-0.2, -0.15) is 9.61 Å². The zero-order chi connectivity index (χ0) is 30.0. The number of amides is 1. The molecule has 2 aliphatic heterocycles. The molecule has 0 saturated carbocycles. The number of benzene rings is 1. The highest BCUT2D eigenvalue weighted by Crippen LogP contribution is 2.45. The number of H-pyrrole nitrogens is 1. The lowest BCUT2D eigenvalue weighted by molar-refractivity contribution is 0.0556. The molecule has 12 nitrogen and oxygen atoms in total. The number of piperidine rings is 1. The van der Waals surface area contributed by atoms with Crippen LogP contribution in [0.1, 0.15) is 47.9 Å². The Labute approximate surface area is 243 Å². The lowest BCUT2D eigenvalue weighted by Gasteiger charge is -2.38. The summed E-state index contributed by atoms with van der Waals surface area (Å²) in [5.74, 6) is -2.30. The summed E-state index contributed by atoms with van der Waals surface area (Å²) in [5.41, 5.74) is 9.22. The number of aromatic amines is 1. The number of nitrogens with one attached hydrogen (secondary N) is 1. The van der Waals surface area contributed by atoms with Gasteiger partial charge in [-0.15, -0.1) is 10.2 Å². The molecule has 5 aromatic rings. The van der Waals surface area contributed by atoms with E-state index >= 15 is 0 Å². The molecule has 7 rings (SSSR count). The molecule has 0 spiro atoms. The van der Waals surface area contributed by atoms with Crippen LogP contribution in [0.25, 0.3) is 28.0 Å². The number of sulfone groups is 1. The summed E-state index contributed by atoms with van der Waals surface area (Å²) in [6.45, 7) is 0. The van der Waals surface area contributed by atoms with E-state index in [0.717, 1.165) is 31.2 Å². The van der Waals surface area contributed by atoms with Gasteiger partial charge in [-0.3, -0.25) is 9.78 Å². The number of hydrogen-bond acceptors (Lipinski definition) is 9. The molecule has 0 aliphatic carbocycles. The second-order valence-corrected chi connectivity index (χ2v) is 12.9. The van der Waals surface area contributed by atoms with Gasteiger partial charge in [-0.05, 0) is 49.9 Å². The number of nitrogens with zero attached hydrogens (tertiary/aromatic N) is 7. The third-order valence-corrected chi connectivity index (χ3v) is 9.46. The molecule has 220 valence electrons. The van der Waals surface area contributed by atoms with Crippen molar-refractivity contribution < 1.29 is 22.0 Å². The van der Waals surface area contributed by atoms with Crippen molar-refractivity contribution in [2.75, 3.05) is 12.0 Å². The van der Waals surface area contributed by atoms with E-state index in [0.29, 0.717) is 46.6 Å². The molecule has 6 heterocycles. The number of aromatic nitrogens is 7. The molecule has 43 heavy (non-hydrogen) atoms. The van der Waals surface area contributed by atoms with Crippen molar-refractivity contribution in [2.45, 2.75) is 48.6 Å². The van der Waals surface area contributed by atoms with Crippen LogP contribution < -0.4 is 5.73 Å². The molecule has 2 fully saturated rings. The molecule has 2 saturated heterocycles. The van der Waals surface area contributed by atoms with Gasteiger partial charge >= 0.3 is 0 Å². The zero-order valence-electron chi connectivity index (χ0n) is 22.8. The van der Waals surface area contributed by atoms with Crippen molar-refractivity contribution in [3.05, 3.63) is 72.2 Å². The second-order valence-electron chi connectivity index (χ2n) is 10.9. The molecule has 3 N–H and O–H groups in total. The van der Waals surface area contributed by atoms with E-state index < -0.39 is 21.5 Å². The molecule has 1 unspecified atom stereocenters. The fraction of sp³-hybridized carbons (Fsp3) is 0.286. The Balaban J connectivity index is 1.27. The van der Waals surface area contributed by atoms with Crippen molar-refractivity contribution in [3.63, 3.8) is 0 Å². The number of hydrogen-bond donors (Lipinski definition) is 2. The smallest absolute Gasteiger partial charge is 0.292 e. The molecular formula is C28H25F2N9O3S. The molecule has 15 heteroatoms. The minimum absolute atomic E-state index is 0.0485. The molecule has 1 aromatic carbocycles. The molecule has 1 amide bonds. The van der Waals surface area contributed by atoms with Gasteiger partial charge in [0.05, 0.1) is 17.6 Å². The number of nitrogen functional groups attached to an aromatic ring is 1. The van der Waals surface area contributed by atoms with Crippen LogP contribution in [0, 0.1) is 11.6 Å². The Bertz CT molecular complexity index is 1980. The maximum absolute atomic E-state index is 13.8. The van der Waals surface area contributed by atoms with Gasteiger partial charge < -0.3 is 15.6 Å². The third kappa shape index (κ3) is 4.50. The molecule has 2 bridgehead atoms. The molecule has 0 radical (unpaired) electrons. The van der Waals surface area contributed by atoms with Crippen LogP contribution in [0.15, 0.2) is 53.9 Å². The Hall–Kier alpha value is -4.79. The first kappa shape index (κ1) is 27.1. The van der Waals surface area contributed by atoms with Crippen LogP contribution in [0.3, 0.4) is 0 Å². The van der Waals surface area contributed by atoms with Crippen LogP contribution in [-0.2, 0) is 9.84 Å². The van der Waals surface area contributed by atoms with Crippen molar-refractivity contribution in [2.24, 2.45) is 0 Å². The first-order chi connectivity index (χ1) is 20.6. The van der Waals surface area contributed by atoms with Crippen LogP contribution in [0.2, 0.25) is 0 Å². The number of nitrogens with two attached hydrogens (primary N) is 1. The number of carbonyl (C=O) groups excluding carboxylic acids is 1. The summed E-state index contributed by atoms with van der Waals surface area (Å²) in [4.78, 5) is 27.0. The van der Waals surface area contributed by atoms with Crippen molar-refractivity contribution in [3.8, 4) is 22.4 Å². The van der Waals surface area contributed by atoms with Crippen LogP contribution in [0.4, 0.5) is 14.6 Å². The quantitative estimate of drug-likeness (QED) is 0.305. The van der Waals surface area contributed by atoms with Crippen molar-refractivity contribution in [1.82, 2.24) is 39.7 Å². The van der Waals surface area contributed by atoms with E-state index in [4.69, 9.17) is 10.7 Å². The van der Waals surface area contributed by atoms with Crippen molar-refractivity contribution >= 4 is 27.2 Å². The van der Waals surface area contributed by atoms with Gasteiger partial charge in [0.1, 0.15) is 17.0 Å². The lowest BCUT2D eigenvalue weighted by atomic mass is 9.87. The van der Waals surface area contributed by atoms with E-state index in [9.17, 15) is 22.0 Å². The van der Waals surface area contributed by atoms with Crippen LogP contribution in [-0.4, -0.2) is 72.3 Å². The molecule has 3 atom stereocenters. The summed E-state index contributed by atoms with van der Waals surface area (Å²) >= 11 is 0. The van der Waals surface area contributed by atoms with Gasteiger partial charge in [0.2, 0.25) is 5.82 Å². The summed E-state index contributed by atoms with van der Waals surface area (Å²) in [6, 6.07) is 6.73. The first-order valence-corrected chi connectivity index (χ1v) is 15.5. The van der Waals surface area contributed by atoms with E-state index in [1.807, 2.05) is 4.90 Å². The largest absolute Gasteiger partial charge is 0.382 e. The number of fused-ring (bicyclic) bond motifs is 3. The summed E-state index contributed by atoms with van der Waals surface area (Å²) < 4.78 is 54.6. The molecule has 4 aromatic heterocycles. The van der Waals surface area contributed by atoms with E-state index in [-0.39, 0.29) is 40.4 Å². The van der Waals surface area contributed by atoms with Gasteiger partial charge in [-0.25, -0.2) is 22.2 Å². The normalized spacial score (nSPS) is 20.2. The Kier molecular flexibility index (Phi) is 6.23. The first-order valence-electron chi connectivity index (χ1n) is 13.6. The zero-order valence-corrected chi connectivity index (χ0v) is 23.6. The Morgan fingerprint density at radius 1 is 1.05 bits per heavy atom. The highest BCUT2D eigenvalue weighted by atomic mass is 32.2. The van der Waals surface area contributed by atoms with E-state index in [1.165, 1.54) is 23.1 Å². The van der Waals surface area contributed by atoms with Crippen LogP contribution in [0.5, 0.6) is 0 Å². The molecular weight excluding hydrogens is 580 g/mol. The third-order valence-electron chi connectivity index (χ3n) is 8.30. The summed E-state index contributed by atoms with van der Waals surface area (Å²) in [7, 11) is -3.80. The van der Waals surface area contributed by atoms with E-state index in [2.05, 4.69) is 25.3 Å².